The van der Waals surface area contributed by atoms with Crippen molar-refractivity contribution < 1.29 is 4.79 Å². The Morgan fingerprint density at radius 1 is 1.11 bits per heavy atom. The molecule has 0 bridgehead atoms. The third kappa shape index (κ3) is 3.36. The number of rotatable bonds is 5. The first-order valence-electron chi connectivity index (χ1n) is 9.24. The fourth-order valence-corrected chi connectivity index (χ4v) is 3.22. The fourth-order valence-electron chi connectivity index (χ4n) is 3.22. The molecule has 0 spiro atoms. The highest BCUT2D eigenvalue weighted by molar-refractivity contribution is 6.06. The second-order valence-electron chi connectivity index (χ2n) is 6.60. The van der Waals surface area contributed by atoms with E-state index in [0.29, 0.717) is 18.7 Å². The van der Waals surface area contributed by atoms with Crippen molar-refractivity contribution in [2.45, 2.75) is 20.0 Å². The first-order valence-corrected chi connectivity index (χ1v) is 9.24. The smallest absolute Gasteiger partial charge is 0.254 e. The topological polar surface area (TPSA) is 63.9 Å². The highest BCUT2D eigenvalue weighted by Crippen LogP contribution is 2.26. The lowest BCUT2D eigenvalue weighted by Crippen LogP contribution is -2.27. The molecule has 0 aliphatic heterocycles. The summed E-state index contributed by atoms with van der Waals surface area (Å²) < 4.78 is 1.82. The van der Waals surface area contributed by atoms with E-state index in [2.05, 4.69) is 10.1 Å². The fraction of sp³-hybridized carbons (Fsp3) is 0.182. The third-order valence-corrected chi connectivity index (χ3v) is 4.68. The number of carbonyl (C=O) groups excluding carboxylic acids is 1. The zero-order chi connectivity index (χ0) is 19.5. The number of fused-ring (bicyclic) bond motifs is 1. The van der Waals surface area contributed by atoms with E-state index >= 15 is 0 Å². The van der Waals surface area contributed by atoms with Crippen LogP contribution in [0.15, 0.2) is 67.0 Å². The molecule has 4 rings (SSSR count). The van der Waals surface area contributed by atoms with Crippen LogP contribution in [0.4, 0.5) is 0 Å². The number of aromatic nitrogens is 4. The van der Waals surface area contributed by atoms with Crippen LogP contribution < -0.4 is 0 Å². The molecule has 4 aromatic rings. The van der Waals surface area contributed by atoms with E-state index in [4.69, 9.17) is 4.98 Å². The number of amides is 1. The van der Waals surface area contributed by atoms with Crippen LogP contribution in [0.1, 0.15) is 23.0 Å². The Morgan fingerprint density at radius 3 is 2.61 bits per heavy atom. The Labute approximate surface area is 163 Å². The zero-order valence-electron chi connectivity index (χ0n) is 15.9. The van der Waals surface area contributed by atoms with Gasteiger partial charge in [0.2, 0.25) is 0 Å². The van der Waals surface area contributed by atoms with Crippen LogP contribution in [-0.4, -0.2) is 37.6 Å². The van der Waals surface area contributed by atoms with Crippen LogP contribution >= 0.6 is 0 Å². The minimum atomic E-state index is -0.0779. The van der Waals surface area contributed by atoms with Crippen molar-refractivity contribution in [3.05, 3.63) is 78.2 Å². The molecule has 28 heavy (non-hydrogen) atoms. The van der Waals surface area contributed by atoms with Crippen molar-refractivity contribution >= 4 is 16.9 Å². The van der Waals surface area contributed by atoms with E-state index in [9.17, 15) is 4.79 Å². The lowest BCUT2D eigenvalue weighted by atomic mass is 10.1. The number of aryl methyl sites for hydroxylation is 1. The van der Waals surface area contributed by atoms with Gasteiger partial charge < -0.3 is 4.90 Å². The number of hydrogen-bond donors (Lipinski definition) is 0. The average molecular weight is 371 g/mol. The van der Waals surface area contributed by atoms with Gasteiger partial charge in [0.05, 0.1) is 35.1 Å². The van der Waals surface area contributed by atoms with Crippen LogP contribution in [-0.2, 0) is 13.1 Å². The third-order valence-electron chi connectivity index (χ3n) is 4.68. The first-order chi connectivity index (χ1) is 13.7. The van der Waals surface area contributed by atoms with Crippen molar-refractivity contribution in [1.82, 2.24) is 24.6 Å². The SMILES string of the molecule is CCn1ncc2c(C(=O)N(C)Cc3ccccn3)cc(-c3ccccc3)nc21. The molecular formula is C22H21N5O. The van der Waals surface area contributed by atoms with E-state index in [1.54, 1.807) is 24.3 Å². The molecule has 3 heterocycles. The van der Waals surface area contributed by atoms with Crippen molar-refractivity contribution in [1.29, 1.82) is 0 Å². The minimum Gasteiger partial charge on any atom is -0.336 e. The van der Waals surface area contributed by atoms with E-state index in [0.717, 1.165) is 28.0 Å². The van der Waals surface area contributed by atoms with E-state index in [-0.39, 0.29) is 5.91 Å². The zero-order valence-corrected chi connectivity index (χ0v) is 15.9. The molecule has 6 nitrogen and oxygen atoms in total. The van der Waals surface area contributed by atoms with Gasteiger partial charge in [-0.1, -0.05) is 36.4 Å². The number of hydrogen-bond acceptors (Lipinski definition) is 4. The van der Waals surface area contributed by atoms with Gasteiger partial charge >= 0.3 is 0 Å². The molecule has 1 amide bonds. The molecular weight excluding hydrogens is 350 g/mol. The Hall–Kier alpha value is -3.54. The highest BCUT2D eigenvalue weighted by atomic mass is 16.2. The molecule has 1 aromatic carbocycles. The summed E-state index contributed by atoms with van der Waals surface area (Å²) >= 11 is 0. The van der Waals surface area contributed by atoms with Gasteiger partial charge in [0.15, 0.2) is 5.65 Å². The summed E-state index contributed by atoms with van der Waals surface area (Å²) in [7, 11) is 1.79. The number of pyridine rings is 2. The number of benzene rings is 1. The van der Waals surface area contributed by atoms with Gasteiger partial charge in [-0.3, -0.25) is 9.78 Å². The number of nitrogens with zero attached hydrogens (tertiary/aromatic N) is 5. The van der Waals surface area contributed by atoms with Gasteiger partial charge in [0, 0.05) is 25.4 Å². The molecule has 3 aromatic heterocycles. The average Bonchev–Trinajstić information content (AvgIpc) is 3.17. The standard InChI is InChI=1S/C22H21N5O/c1-3-27-21-19(14-24-27)18(13-20(25-21)16-9-5-4-6-10-16)22(28)26(2)15-17-11-7-8-12-23-17/h4-14H,3,15H2,1-2H3. The van der Waals surface area contributed by atoms with Crippen LogP contribution in [0, 0.1) is 0 Å². The molecule has 0 saturated carbocycles. The van der Waals surface area contributed by atoms with Crippen molar-refractivity contribution in [3.8, 4) is 11.3 Å². The van der Waals surface area contributed by atoms with E-state index < -0.39 is 0 Å². The van der Waals surface area contributed by atoms with Gasteiger partial charge in [0.25, 0.3) is 5.91 Å². The normalized spacial score (nSPS) is 10.9. The van der Waals surface area contributed by atoms with E-state index in [1.807, 2.05) is 66.2 Å². The maximum atomic E-state index is 13.3. The maximum absolute atomic E-state index is 13.3. The quantitative estimate of drug-likeness (QED) is 0.535. The van der Waals surface area contributed by atoms with E-state index in [1.165, 1.54) is 0 Å². The summed E-state index contributed by atoms with van der Waals surface area (Å²) in [6, 6.07) is 17.4. The summed E-state index contributed by atoms with van der Waals surface area (Å²) in [5.41, 5.74) is 3.89. The highest BCUT2D eigenvalue weighted by Gasteiger charge is 2.20. The monoisotopic (exact) mass is 371 g/mol. The molecule has 0 saturated heterocycles. The Morgan fingerprint density at radius 2 is 1.89 bits per heavy atom. The van der Waals surface area contributed by atoms with Crippen molar-refractivity contribution in [3.63, 3.8) is 0 Å². The molecule has 0 aliphatic carbocycles. The van der Waals surface area contributed by atoms with Gasteiger partial charge in [0.1, 0.15) is 0 Å². The molecule has 0 fully saturated rings. The molecule has 0 aliphatic rings. The van der Waals surface area contributed by atoms with Crippen LogP contribution in [0.2, 0.25) is 0 Å². The second-order valence-corrected chi connectivity index (χ2v) is 6.60. The molecule has 0 radical (unpaired) electrons. The number of carbonyl (C=O) groups is 1. The molecule has 0 unspecified atom stereocenters. The molecule has 6 heteroatoms. The molecule has 0 atom stereocenters. The Bertz CT molecular complexity index is 1110. The summed E-state index contributed by atoms with van der Waals surface area (Å²) in [4.78, 5) is 24.1. The van der Waals surface area contributed by atoms with Crippen LogP contribution in [0.3, 0.4) is 0 Å². The summed E-state index contributed by atoms with van der Waals surface area (Å²) in [5, 5.41) is 5.17. The minimum absolute atomic E-state index is 0.0779. The van der Waals surface area contributed by atoms with Gasteiger partial charge in [-0.15, -0.1) is 0 Å². The Balaban J connectivity index is 1.78. The van der Waals surface area contributed by atoms with Crippen LogP contribution in [0.5, 0.6) is 0 Å². The van der Waals surface area contributed by atoms with Crippen LogP contribution in [0.25, 0.3) is 22.3 Å². The predicted octanol–water partition coefficient (Wildman–Crippen LogP) is 3.79. The van der Waals surface area contributed by atoms with Gasteiger partial charge in [-0.2, -0.15) is 5.10 Å². The lowest BCUT2D eigenvalue weighted by Gasteiger charge is -2.18. The summed E-state index contributed by atoms with van der Waals surface area (Å²) in [6.45, 7) is 3.14. The maximum Gasteiger partial charge on any atom is 0.254 e. The Kier molecular flexibility index (Phi) is 4.85. The van der Waals surface area contributed by atoms with Gasteiger partial charge in [-0.05, 0) is 25.1 Å². The first kappa shape index (κ1) is 17.9. The second kappa shape index (κ2) is 7.60. The van der Waals surface area contributed by atoms with Gasteiger partial charge in [-0.25, -0.2) is 9.67 Å². The summed E-state index contributed by atoms with van der Waals surface area (Å²) in [6.07, 6.45) is 3.46. The molecule has 0 N–H and O–H groups in total. The predicted molar refractivity (Wildman–Crippen MR) is 109 cm³/mol. The molecule has 140 valence electrons. The largest absolute Gasteiger partial charge is 0.336 e. The van der Waals surface area contributed by atoms with Crippen molar-refractivity contribution in [2.75, 3.05) is 7.05 Å². The lowest BCUT2D eigenvalue weighted by molar-refractivity contribution is 0.0785. The van der Waals surface area contributed by atoms with Crippen molar-refractivity contribution in [2.24, 2.45) is 0 Å². The summed E-state index contributed by atoms with van der Waals surface area (Å²) in [5.74, 6) is -0.0779.